The first-order valence-electron chi connectivity index (χ1n) is 22.8. The minimum Gasteiger partial charge on any atom is -0.481 e. The van der Waals surface area contributed by atoms with Gasteiger partial charge in [0.05, 0.1) is 23.3 Å². The lowest BCUT2D eigenvalue weighted by molar-refractivity contribution is -0.193. The number of aliphatic carboxylic acids is 1. The van der Waals surface area contributed by atoms with Crippen molar-refractivity contribution in [1.29, 1.82) is 0 Å². The third-order valence-electron chi connectivity index (χ3n) is 17.9. The molecule has 5 fully saturated rings. The van der Waals surface area contributed by atoms with Crippen molar-refractivity contribution in [1.82, 2.24) is 20.6 Å². The van der Waals surface area contributed by atoms with Gasteiger partial charge in [-0.3, -0.25) is 29.0 Å². The number of likely N-dealkylation sites (N-methyl/N-ethyl adjacent to an activating group) is 1. The van der Waals surface area contributed by atoms with E-state index in [4.69, 9.17) is 0 Å². The number of fused-ring (bicyclic) bond motifs is 7. The standard InChI is InChI=1S/C43H68N2O5.C6H6N2O/c1-24(2)35-32(47)23-43(19-20-45-38(50)40(6,7)44-10)18-14-30-27(36(35)43)11-12-34-41(30,8)17-15-33-39(4,5)26(13-16-42(33,34)9)21-31(46)28-22-29(25(28)3)37(48)49;1-5-2-7-3-6(4-9)8-5/h24-30,33-34,44H,11-23H2,1-10H3,(H,45,50)(H,48,49);2-4H,1H3. The van der Waals surface area contributed by atoms with Crippen LogP contribution >= 0.6 is 0 Å². The lowest BCUT2D eigenvalue weighted by Gasteiger charge is -2.69. The molecule has 6 aliphatic rings. The summed E-state index contributed by atoms with van der Waals surface area (Å²) in [7, 11) is 1.82. The zero-order chi connectivity index (χ0) is 43.5. The number of aryl methyl sites for hydroxylation is 1. The quantitative estimate of drug-likeness (QED) is 0.186. The Morgan fingerprint density at radius 3 is 2.25 bits per heavy atom. The van der Waals surface area contributed by atoms with Crippen molar-refractivity contribution in [2.75, 3.05) is 13.6 Å². The van der Waals surface area contributed by atoms with Gasteiger partial charge in [-0.1, -0.05) is 54.0 Å². The summed E-state index contributed by atoms with van der Waals surface area (Å²) in [5, 5.41) is 15.8. The summed E-state index contributed by atoms with van der Waals surface area (Å²) in [6, 6.07) is 0. The lowest BCUT2D eigenvalue weighted by atomic mass is 9.35. The second-order valence-corrected chi connectivity index (χ2v) is 21.8. The maximum atomic E-state index is 13.9. The minimum absolute atomic E-state index is 0.00785. The highest BCUT2D eigenvalue weighted by atomic mass is 16.4. The molecule has 3 N–H and O–H groups in total. The number of hydrogen-bond donors (Lipinski definition) is 3. The molecule has 1 aromatic heterocycles. The average molecular weight is 815 g/mol. The molecule has 0 radical (unpaired) electrons. The van der Waals surface area contributed by atoms with Crippen LogP contribution in [-0.4, -0.2) is 63.9 Å². The Hall–Kier alpha value is -3.27. The first-order valence-corrected chi connectivity index (χ1v) is 22.8. The number of rotatable bonds is 11. The zero-order valence-corrected chi connectivity index (χ0v) is 38.0. The van der Waals surface area contributed by atoms with Gasteiger partial charge in [-0.25, -0.2) is 4.98 Å². The average Bonchev–Trinajstić information content (AvgIpc) is 3.47. The molecule has 0 bridgehead atoms. The van der Waals surface area contributed by atoms with Crippen LogP contribution in [0.4, 0.5) is 0 Å². The van der Waals surface area contributed by atoms with E-state index in [1.807, 2.05) is 27.8 Å². The summed E-state index contributed by atoms with van der Waals surface area (Å²) in [5.74, 6) is 2.17. The fourth-order valence-corrected chi connectivity index (χ4v) is 14.4. The normalized spacial score (nSPS) is 37.1. The molecule has 59 heavy (non-hydrogen) atoms. The number of nitrogens with zero attached hydrogens (tertiary/aromatic N) is 2. The van der Waals surface area contributed by atoms with Crippen molar-refractivity contribution in [3.63, 3.8) is 0 Å². The number of aldehydes is 1. The minimum atomic E-state index is -0.756. The van der Waals surface area contributed by atoms with Gasteiger partial charge in [-0.15, -0.1) is 0 Å². The Labute approximate surface area is 353 Å². The van der Waals surface area contributed by atoms with Crippen LogP contribution in [0.2, 0.25) is 0 Å². The van der Waals surface area contributed by atoms with E-state index in [1.165, 1.54) is 37.5 Å². The Bertz CT molecular complexity index is 1850. The van der Waals surface area contributed by atoms with Crippen LogP contribution in [0.5, 0.6) is 0 Å². The largest absolute Gasteiger partial charge is 0.481 e. The molecule has 11 unspecified atom stereocenters. The van der Waals surface area contributed by atoms with Crippen molar-refractivity contribution in [2.45, 2.75) is 152 Å². The van der Waals surface area contributed by atoms with Gasteiger partial charge in [0.15, 0.2) is 12.1 Å². The molecule has 6 aliphatic carbocycles. The van der Waals surface area contributed by atoms with E-state index in [9.17, 15) is 29.1 Å². The van der Waals surface area contributed by atoms with E-state index in [-0.39, 0.29) is 51.2 Å². The predicted molar refractivity (Wildman–Crippen MR) is 229 cm³/mol. The molecule has 0 spiro atoms. The fraction of sp³-hybridized carbons (Fsp3) is 0.776. The fourth-order valence-electron chi connectivity index (χ4n) is 14.4. The molecular formula is C49H74N4O6. The van der Waals surface area contributed by atoms with Crippen molar-refractivity contribution < 1.29 is 29.1 Å². The first-order chi connectivity index (χ1) is 27.6. The topological polar surface area (TPSA) is 155 Å². The Morgan fingerprint density at radius 2 is 1.66 bits per heavy atom. The van der Waals surface area contributed by atoms with Gasteiger partial charge >= 0.3 is 5.97 Å². The number of nitrogens with one attached hydrogen (secondary N) is 2. The number of Topliss-reactive ketones (excluding diaryl/α,β-unsaturated/α-hetero) is 2. The number of aromatic nitrogens is 2. The van der Waals surface area contributed by atoms with Crippen molar-refractivity contribution in [2.24, 2.45) is 74.9 Å². The number of amides is 1. The third-order valence-corrected chi connectivity index (χ3v) is 17.9. The number of carboxylic acid groups (broad SMARTS) is 1. The molecule has 1 aromatic rings. The summed E-state index contributed by atoms with van der Waals surface area (Å²) in [5.41, 5.74) is 3.49. The van der Waals surface area contributed by atoms with Crippen LogP contribution in [-0.2, 0) is 19.2 Å². The van der Waals surface area contributed by atoms with Crippen molar-refractivity contribution in [3.05, 3.63) is 34.9 Å². The number of allylic oxidation sites excluding steroid dienone is 2. The highest BCUT2D eigenvalue weighted by Gasteiger charge is 2.66. The van der Waals surface area contributed by atoms with Gasteiger partial charge in [-0.05, 0) is 155 Å². The smallest absolute Gasteiger partial charge is 0.306 e. The van der Waals surface area contributed by atoms with Gasteiger partial charge in [0, 0.05) is 36.9 Å². The molecule has 326 valence electrons. The molecular weight excluding hydrogens is 741 g/mol. The number of hydrogen-bond acceptors (Lipinski definition) is 8. The molecule has 1 amide bonds. The summed E-state index contributed by atoms with van der Waals surface area (Å²) >= 11 is 0. The van der Waals surface area contributed by atoms with Gasteiger partial charge in [0.2, 0.25) is 5.91 Å². The number of carbonyl (C=O) groups is 5. The molecule has 0 aliphatic heterocycles. The van der Waals surface area contributed by atoms with Crippen LogP contribution in [0.1, 0.15) is 156 Å². The van der Waals surface area contributed by atoms with Gasteiger partial charge in [0.1, 0.15) is 11.5 Å². The molecule has 10 nitrogen and oxygen atoms in total. The number of carbonyl (C=O) groups excluding carboxylic acids is 4. The summed E-state index contributed by atoms with van der Waals surface area (Å²) in [4.78, 5) is 69.6. The Balaban J connectivity index is 0.000000575. The van der Waals surface area contributed by atoms with Gasteiger partial charge in [-0.2, -0.15) is 0 Å². The molecule has 0 saturated heterocycles. The summed E-state index contributed by atoms with van der Waals surface area (Å²) in [6.07, 6.45) is 15.5. The van der Waals surface area contributed by atoms with E-state index < -0.39 is 11.5 Å². The van der Waals surface area contributed by atoms with Crippen molar-refractivity contribution >= 4 is 29.7 Å². The van der Waals surface area contributed by atoms with Gasteiger partial charge < -0.3 is 15.7 Å². The van der Waals surface area contributed by atoms with E-state index in [0.717, 1.165) is 43.4 Å². The summed E-state index contributed by atoms with van der Waals surface area (Å²) < 4.78 is 0. The molecule has 10 heteroatoms. The zero-order valence-electron chi connectivity index (χ0n) is 38.0. The van der Waals surface area contributed by atoms with E-state index in [1.54, 1.807) is 13.1 Å². The van der Waals surface area contributed by atoms with Gasteiger partial charge in [0.25, 0.3) is 0 Å². The van der Waals surface area contributed by atoms with Crippen LogP contribution in [0.3, 0.4) is 0 Å². The SMILES string of the molecule is CNC(C)(C)C(=O)NCCC12CCC3C(CCC4C3(C)CCC3C(C)(C)C(CC(=O)C5CC(C(=O)O)C5C)CCC34C)C1=C(C(C)C)C(=O)C2.Cc1cncc(C=O)n1. The Kier molecular flexibility index (Phi) is 12.7. The number of carboxylic acids is 1. The van der Waals surface area contributed by atoms with Crippen LogP contribution in [0.15, 0.2) is 23.5 Å². The highest BCUT2D eigenvalue weighted by Crippen LogP contribution is 2.74. The lowest BCUT2D eigenvalue weighted by Crippen LogP contribution is -2.62. The highest BCUT2D eigenvalue weighted by molar-refractivity contribution is 6.00. The molecule has 5 saturated carbocycles. The van der Waals surface area contributed by atoms with Crippen molar-refractivity contribution in [3.8, 4) is 0 Å². The predicted octanol–water partition coefficient (Wildman–Crippen LogP) is 8.61. The third kappa shape index (κ3) is 7.91. The molecule has 7 rings (SSSR count). The monoisotopic (exact) mass is 815 g/mol. The van der Waals surface area contributed by atoms with E-state index in [0.29, 0.717) is 78.9 Å². The van der Waals surface area contributed by atoms with Crippen LogP contribution in [0.25, 0.3) is 0 Å². The number of ketones is 2. The second kappa shape index (κ2) is 16.5. The van der Waals surface area contributed by atoms with E-state index in [2.05, 4.69) is 62.1 Å². The molecule has 11 atom stereocenters. The maximum Gasteiger partial charge on any atom is 0.306 e. The maximum absolute atomic E-state index is 13.9. The molecule has 0 aromatic carbocycles. The first kappa shape index (κ1) is 45.3. The van der Waals surface area contributed by atoms with Crippen LogP contribution < -0.4 is 10.6 Å². The second-order valence-electron chi connectivity index (χ2n) is 21.8. The summed E-state index contributed by atoms with van der Waals surface area (Å²) in [6.45, 7) is 22.7. The molecule has 1 heterocycles. The van der Waals surface area contributed by atoms with E-state index >= 15 is 0 Å². The van der Waals surface area contributed by atoms with Crippen LogP contribution in [0, 0.1) is 81.8 Å². The Morgan fingerprint density at radius 1 is 0.966 bits per heavy atom.